The van der Waals surface area contributed by atoms with Gasteiger partial charge in [0, 0.05) is 13.5 Å². The van der Waals surface area contributed by atoms with Crippen molar-refractivity contribution < 1.29 is 24.9 Å². The highest BCUT2D eigenvalue weighted by molar-refractivity contribution is 5.65. The van der Waals surface area contributed by atoms with Crippen molar-refractivity contribution in [2.75, 3.05) is 19.8 Å². The Balaban J connectivity index is -0.000000138. The zero-order chi connectivity index (χ0) is 12.0. The first-order valence-electron chi connectivity index (χ1n) is 4.49. The summed E-state index contributed by atoms with van der Waals surface area (Å²) < 4.78 is 4.40. The minimum Gasteiger partial charge on any atom is -0.466 e. The van der Waals surface area contributed by atoms with Gasteiger partial charge in [0.2, 0.25) is 0 Å². The first kappa shape index (κ1) is 19.0. The fourth-order valence-corrected chi connectivity index (χ4v) is 0.203. The molecule has 0 aliphatic rings. The topological polar surface area (TPSA) is 87.0 Å². The minimum atomic E-state index is -0.560. The number of aliphatic hydroxyl groups excluding tert-OH is 3. The SMILES string of the molecule is CC(O)CO.CCO.CCOC(C)=O. The second kappa shape index (κ2) is 18.2. The Labute approximate surface area is 85.3 Å². The first-order chi connectivity index (χ1) is 6.45. The summed E-state index contributed by atoms with van der Waals surface area (Å²) in [6, 6.07) is 0. The fraction of sp³-hybridized carbons (Fsp3) is 0.889. The van der Waals surface area contributed by atoms with Crippen LogP contribution in [0.15, 0.2) is 0 Å². The number of esters is 1. The lowest BCUT2D eigenvalue weighted by Crippen LogP contribution is -2.03. The van der Waals surface area contributed by atoms with Gasteiger partial charge in [-0.2, -0.15) is 0 Å². The summed E-state index contributed by atoms with van der Waals surface area (Å²) in [5, 5.41) is 23.6. The van der Waals surface area contributed by atoms with Gasteiger partial charge in [-0.3, -0.25) is 4.79 Å². The van der Waals surface area contributed by atoms with Gasteiger partial charge in [-0.15, -0.1) is 0 Å². The standard InChI is InChI=1S/C4H8O2.C3H8O2.C2H6O/c1-3-6-4(2)5;1-3(5)2-4;1-2-3/h3H2,1-2H3;3-5H,2H2,1H3;3H,2H2,1H3. The van der Waals surface area contributed by atoms with Crippen LogP contribution in [0.5, 0.6) is 0 Å². The zero-order valence-corrected chi connectivity index (χ0v) is 9.36. The molecule has 0 aromatic carbocycles. The van der Waals surface area contributed by atoms with Gasteiger partial charge in [-0.1, -0.05) is 0 Å². The summed E-state index contributed by atoms with van der Waals surface area (Å²) >= 11 is 0. The predicted octanol–water partition coefficient (Wildman–Crippen LogP) is -0.0725. The van der Waals surface area contributed by atoms with Crippen LogP contribution in [0.25, 0.3) is 0 Å². The molecule has 1 unspecified atom stereocenters. The lowest BCUT2D eigenvalue weighted by Gasteiger charge is -1.90. The molecular weight excluding hydrogens is 188 g/mol. The molecule has 5 nitrogen and oxygen atoms in total. The third kappa shape index (κ3) is 64.3. The Bertz CT molecular complexity index is 103. The summed E-state index contributed by atoms with van der Waals surface area (Å²) in [4.78, 5) is 9.82. The van der Waals surface area contributed by atoms with Crippen molar-refractivity contribution in [3.63, 3.8) is 0 Å². The van der Waals surface area contributed by atoms with E-state index in [1.165, 1.54) is 13.8 Å². The maximum absolute atomic E-state index is 9.82. The molecule has 0 rings (SSSR count). The molecule has 0 aromatic rings. The first-order valence-corrected chi connectivity index (χ1v) is 4.49. The molecule has 0 heterocycles. The molecule has 1 atom stereocenters. The van der Waals surface area contributed by atoms with E-state index in [0.717, 1.165) is 0 Å². The number of hydrogen-bond donors (Lipinski definition) is 3. The molecule has 0 aromatic heterocycles. The predicted molar refractivity (Wildman–Crippen MR) is 53.8 cm³/mol. The Morgan fingerprint density at radius 3 is 1.64 bits per heavy atom. The average molecular weight is 210 g/mol. The Morgan fingerprint density at radius 1 is 1.36 bits per heavy atom. The van der Waals surface area contributed by atoms with Crippen molar-refractivity contribution in [1.29, 1.82) is 0 Å². The van der Waals surface area contributed by atoms with Crippen LogP contribution in [-0.2, 0) is 9.53 Å². The normalized spacial score (nSPS) is 9.93. The minimum absolute atomic E-state index is 0.139. The molecule has 14 heavy (non-hydrogen) atoms. The molecule has 0 saturated heterocycles. The van der Waals surface area contributed by atoms with Gasteiger partial charge < -0.3 is 20.1 Å². The summed E-state index contributed by atoms with van der Waals surface area (Å²) in [7, 11) is 0. The van der Waals surface area contributed by atoms with Gasteiger partial charge >= 0.3 is 5.97 Å². The molecule has 0 aliphatic heterocycles. The Morgan fingerprint density at radius 2 is 1.64 bits per heavy atom. The molecule has 0 aliphatic carbocycles. The average Bonchev–Trinajstić information content (AvgIpc) is 2.06. The molecule has 0 fully saturated rings. The van der Waals surface area contributed by atoms with E-state index in [-0.39, 0.29) is 19.2 Å². The van der Waals surface area contributed by atoms with Crippen molar-refractivity contribution in [1.82, 2.24) is 0 Å². The molecular formula is C9H22O5. The number of carbonyl (C=O) groups is 1. The van der Waals surface area contributed by atoms with E-state index in [2.05, 4.69) is 4.74 Å². The molecule has 0 saturated carbocycles. The highest BCUT2D eigenvalue weighted by atomic mass is 16.5. The lowest BCUT2D eigenvalue weighted by atomic mass is 10.5. The summed E-state index contributed by atoms with van der Waals surface area (Å²) in [5.41, 5.74) is 0. The highest BCUT2D eigenvalue weighted by Crippen LogP contribution is 1.69. The van der Waals surface area contributed by atoms with E-state index in [0.29, 0.717) is 6.61 Å². The van der Waals surface area contributed by atoms with Crippen molar-refractivity contribution in [3.8, 4) is 0 Å². The highest BCUT2D eigenvalue weighted by Gasteiger charge is 1.83. The van der Waals surface area contributed by atoms with Crippen LogP contribution >= 0.6 is 0 Å². The smallest absolute Gasteiger partial charge is 0.302 e. The van der Waals surface area contributed by atoms with E-state index >= 15 is 0 Å². The molecule has 88 valence electrons. The van der Waals surface area contributed by atoms with Crippen molar-refractivity contribution >= 4 is 5.97 Å². The molecule has 5 heteroatoms. The monoisotopic (exact) mass is 210 g/mol. The van der Waals surface area contributed by atoms with Crippen LogP contribution in [0, 0.1) is 0 Å². The van der Waals surface area contributed by atoms with Crippen LogP contribution in [0.4, 0.5) is 0 Å². The molecule has 0 radical (unpaired) electrons. The maximum Gasteiger partial charge on any atom is 0.302 e. The Hall–Kier alpha value is -0.650. The largest absolute Gasteiger partial charge is 0.466 e. The van der Waals surface area contributed by atoms with Crippen LogP contribution in [0.2, 0.25) is 0 Å². The van der Waals surface area contributed by atoms with Gasteiger partial charge in [0.15, 0.2) is 0 Å². The summed E-state index contributed by atoms with van der Waals surface area (Å²) in [6.07, 6.45) is -0.560. The van der Waals surface area contributed by atoms with Gasteiger partial charge in [-0.05, 0) is 20.8 Å². The van der Waals surface area contributed by atoms with Gasteiger partial charge in [-0.25, -0.2) is 0 Å². The van der Waals surface area contributed by atoms with Crippen LogP contribution < -0.4 is 0 Å². The van der Waals surface area contributed by atoms with Gasteiger partial charge in [0.05, 0.1) is 19.3 Å². The number of aliphatic hydroxyl groups is 3. The maximum atomic E-state index is 9.82. The summed E-state index contributed by atoms with van der Waals surface area (Å²) in [5.74, 6) is -0.211. The third-order valence-electron chi connectivity index (χ3n) is 0.612. The quantitative estimate of drug-likeness (QED) is 0.555. The van der Waals surface area contributed by atoms with E-state index in [1.807, 2.05) is 0 Å². The number of hydrogen-bond acceptors (Lipinski definition) is 5. The fourth-order valence-electron chi connectivity index (χ4n) is 0.203. The van der Waals surface area contributed by atoms with Crippen LogP contribution in [0.3, 0.4) is 0 Å². The van der Waals surface area contributed by atoms with Crippen molar-refractivity contribution in [3.05, 3.63) is 0 Å². The molecule has 0 spiro atoms. The number of carbonyl (C=O) groups excluding carboxylic acids is 1. The number of ether oxygens (including phenoxy) is 1. The van der Waals surface area contributed by atoms with Crippen LogP contribution in [-0.4, -0.2) is 47.2 Å². The lowest BCUT2D eigenvalue weighted by molar-refractivity contribution is -0.140. The van der Waals surface area contributed by atoms with E-state index in [9.17, 15) is 4.79 Å². The second-order valence-corrected chi connectivity index (χ2v) is 2.27. The second-order valence-electron chi connectivity index (χ2n) is 2.27. The van der Waals surface area contributed by atoms with Gasteiger partial charge in [0.25, 0.3) is 0 Å². The third-order valence-corrected chi connectivity index (χ3v) is 0.612. The Kier molecular flexibility index (Phi) is 24.7. The van der Waals surface area contributed by atoms with Gasteiger partial charge in [0.1, 0.15) is 0 Å². The number of rotatable bonds is 2. The van der Waals surface area contributed by atoms with Crippen molar-refractivity contribution in [2.24, 2.45) is 0 Å². The summed E-state index contributed by atoms with van der Waals surface area (Å²) in [6.45, 7) is 6.97. The molecule has 0 bridgehead atoms. The zero-order valence-electron chi connectivity index (χ0n) is 9.36. The van der Waals surface area contributed by atoms with Crippen LogP contribution in [0.1, 0.15) is 27.7 Å². The van der Waals surface area contributed by atoms with Crippen molar-refractivity contribution in [2.45, 2.75) is 33.8 Å². The molecule has 0 amide bonds. The molecule has 3 N–H and O–H groups in total. The van der Waals surface area contributed by atoms with E-state index in [1.54, 1.807) is 13.8 Å². The van der Waals surface area contributed by atoms with E-state index < -0.39 is 6.10 Å². The van der Waals surface area contributed by atoms with E-state index in [4.69, 9.17) is 15.3 Å².